The lowest BCUT2D eigenvalue weighted by atomic mass is 10.1. The summed E-state index contributed by atoms with van der Waals surface area (Å²) in [5, 5.41) is 4.17. The van der Waals surface area contributed by atoms with Crippen LogP contribution in [-0.4, -0.2) is 15.7 Å². The molecule has 88 valence electrons. The van der Waals surface area contributed by atoms with Gasteiger partial charge in [0.15, 0.2) is 0 Å². The summed E-state index contributed by atoms with van der Waals surface area (Å²) in [5.41, 5.74) is 14.1. The molecule has 0 bridgehead atoms. The number of amides is 1. The Kier molecular flexibility index (Phi) is 2.59. The second kappa shape index (κ2) is 3.93. The molecule has 5 nitrogen and oxygen atoms in total. The number of hydrogen-bond donors (Lipinski definition) is 2. The number of nitrogen functional groups attached to an aromatic ring is 1. The van der Waals surface area contributed by atoms with Crippen molar-refractivity contribution in [2.75, 3.05) is 5.73 Å². The van der Waals surface area contributed by atoms with Crippen molar-refractivity contribution in [1.82, 2.24) is 9.78 Å². The summed E-state index contributed by atoms with van der Waals surface area (Å²) in [6, 6.07) is 5.34. The Morgan fingerprint density at radius 1 is 1.29 bits per heavy atom. The highest BCUT2D eigenvalue weighted by atomic mass is 16.1. The van der Waals surface area contributed by atoms with Crippen molar-refractivity contribution < 1.29 is 4.79 Å². The number of rotatable bonds is 2. The summed E-state index contributed by atoms with van der Waals surface area (Å²) >= 11 is 0. The lowest BCUT2D eigenvalue weighted by molar-refractivity contribution is 0.0999. The molecule has 0 spiro atoms. The van der Waals surface area contributed by atoms with E-state index in [9.17, 15) is 4.79 Å². The number of nitrogens with zero attached hydrogens (tertiary/aromatic N) is 2. The number of hydrogen-bond acceptors (Lipinski definition) is 3. The van der Waals surface area contributed by atoms with Crippen molar-refractivity contribution in [3.05, 3.63) is 41.1 Å². The molecule has 1 amide bonds. The summed E-state index contributed by atoms with van der Waals surface area (Å²) < 4.78 is 1.68. The molecule has 0 unspecified atom stereocenters. The number of aryl methyl sites for hydroxylation is 2. The van der Waals surface area contributed by atoms with Crippen LogP contribution in [0.15, 0.2) is 24.4 Å². The van der Waals surface area contributed by atoms with Crippen LogP contribution in [0.3, 0.4) is 0 Å². The van der Waals surface area contributed by atoms with Crippen LogP contribution in [0.1, 0.15) is 21.5 Å². The third-order valence-corrected chi connectivity index (χ3v) is 2.68. The number of benzene rings is 1. The lowest BCUT2D eigenvalue weighted by Gasteiger charge is -2.05. The number of primary amides is 1. The quantitative estimate of drug-likeness (QED) is 0.811. The van der Waals surface area contributed by atoms with Crippen molar-refractivity contribution in [1.29, 1.82) is 0 Å². The third kappa shape index (κ3) is 1.99. The molecular formula is C12H14N4O. The average Bonchev–Trinajstić information content (AvgIpc) is 2.58. The molecule has 5 heteroatoms. The third-order valence-electron chi connectivity index (χ3n) is 2.68. The van der Waals surface area contributed by atoms with Crippen molar-refractivity contribution in [2.24, 2.45) is 5.73 Å². The summed E-state index contributed by atoms with van der Waals surface area (Å²) in [7, 11) is 0. The molecule has 0 radical (unpaired) electrons. The first kappa shape index (κ1) is 11.2. The van der Waals surface area contributed by atoms with Gasteiger partial charge in [-0.15, -0.1) is 0 Å². The molecule has 0 aliphatic heterocycles. The zero-order valence-electron chi connectivity index (χ0n) is 9.77. The highest BCUT2D eigenvalue weighted by Crippen LogP contribution is 2.16. The minimum absolute atomic E-state index is 0.426. The van der Waals surface area contributed by atoms with Crippen LogP contribution in [0, 0.1) is 13.8 Å². The number of carbonyl (C=O) groups excluding carboxylic acids is 1. The highest BCUT2D eigenvalue weighted by Gasteiger charge is 2.08. The van der Waals surface area contributed by atoms with Crippen LogP contribution in [0.25, 0.3) is 5.69 Å². The smallest absolute Gasteiger partial charge is 0.248 e. The van der Waals surface area contributed by atoms with E-state index in [0.29, 0.717) is 11.4 Å². The van der Waals surface area contributed by atoms with Gasteiger partial charge >= 0.3 is 0 Å². The summed E-state index contributed by atoms with van der Waals surface area (Å²) in [4.78, 5) is 11.1. The van der Waals surface area contributed by atoms with Crippen molar-refractivity contribution in [3.8, 4) is 5.69 Å². The van der Waals surface area contributed by atoms with Gasteiger partial charge in [0, 0.05) is 17.3 Å². The van der Waals surface area contributed by atoms with Crippen LogP contribution >= 0.6 is 0 Å². The van der Waals surface area contributed by atoms with Gasteiger partial charge in [0.05, 0.1) is 5.69 Å². The van der Waals surface area contributed by atoms with Crippen LogP contribution in [0.4, 0.5) is 5.82 Å². The molecule has 0 atom stereocenters. The Hall–Kier alpha value is -2.30. The average molecular weight is 230 g/mol. The molecule has 0 fully saturated rings. The topological polar surface area (TPSA) is 86.9 Å². The van der Waals surface area contributed by atoms with E-state index in [1.807, 2.05) is 26.1 Å². The molecule has 1 heterocycles. The normalized spacial score (nSPS) is 10.5. The number of anilines is 1. The molecule has 0 aliphatic rings. The first-order valence-corrected chi connectivity index (χ1v) is 5.21. The van der Waals surface area contributed by atoms with Crippen LogP contribution in [-0.2, 0) is 0 Å². The minimum Gasteiger partial charge on any atom is -0.382 e. The molecule has 0 saturated heterocycles. The first-order valence-electron chi connectivity index (χ1n) is 5.21. The maximum absolute atomic E-state index is 11.1. The Bertz CT molecular complexity index is 567. The van der Waals surface area contributed by atoms with E-state index in [1.165, 1.54) is 0 Å². The molecule has 1 aromatic carbocycles. The number of aromatic nitrogens is 2. The molecule has 2 rings (SSSR count). The minimum atomic E-state index is -0.426. The second-order valence-corrected chi connectivity index (χ2v) is 4.01. The van der Waals surface area contributed by atoms with Gasteiger partial charge in [0.25, 0.3) is 0 Å². The molecule has 0 saturated carbocycles. The zero-order valence-corrected chi connectivity index (χ0v) is 9.77. The first-order chi connectivity index (χ1) is 7.99. The van der Waals surface area contributed by atoms with Gasteiger partial charge in [-0.05, 0) is 37.6 Å². The van der Waals surface area contributed by atoms with E-state index in [2.05, 4.69) is 5.10 Å². The lowest BCUT2D eigenvalue weighted by Crippen LogP contribution is -2.13. The molecular weight excluding hydrogens is 216 g/mol. The van der Waals surface area contributed by atoms with Gasteiger partial charge in [0.1, 0.15) is 5.82 Å². The molecule has 4 N–H and O–H groups in total. The van der Waals surface area contributed by atoms with E-state index in [-0.39, 0.29) is 0 Å². The second-order valence-electron chi connectivity index (χ2n) is 4.01. The standard InChI is InChI=1S/C12H14N4O/c1-7-5-9(3-4-10(7)12(14)17)16-6-8(2)11(13)15-16/h3-6H,1-2H3,(H2,13,15)(H2,14,17). The largest absolute Gasteiger partial charge is 0.382 e. The van der Waals surface area contributed by atoms with Crippen molar-refractivity contribution in [3.63, 3.8) is 0 Å². The Balaban J connectivity index is 2.47. The number of carbonyl (C=O) groups is 1. The zero-order chi connectivity index (χ0) is 12.6. The van der Waals surface area contributed by atoms with E-state index in [1.54, 1.807) is 16.8 Å². The monoisotopic (exact) mass is 230 g/mol. The Morgan fingerprint density at radius 3 is 2.47 bits per heavy atom. The fraction of sp³-hybridized carbons (Fsp3) is 0.167. The van der Waals surface area contributed by atoms with Crippen LogP contribution in [0.5, 0.6) is 0 Å². The van der Waals surface area contributed by atoms with Gasteiger partial charge in [-0.25, -0.2) is 4.68 Å². The molecule has 17 heavy (non-hydrogen) atoms. The van der Waals surface area contributed by atoms with Gasteiger partial charge < -0.3 is 11.5 Å². The summed E-state index contributed by atoms with van der Waals surface area (Å²) in [5.74, 6) is 0.0758. The van der Waals surface area contributed by atoms with Crippen molar-refractivity contribution >= 4 is 11.7 Å². The fourth-order valence-corrected chi connectivity index (χ4v) is 1.67. The van der Waals surface area contributed by atoms with Crippen molar-refractivity contribution in [2.45, 2.75) is 13.8 Å². The van der Waals surface area contributed by atoms with E-state index >= 15 is 0 Å². The molecule has 2 aromatic rings. The molecule has 0 aliphatic carbocycles. The molecule has 1 aromatic heterocycles. The van der Waals surface area contributed by atoms with Gasteiger partial charge in [-0.1, -0.05) is 0 Å². The highest BCUT2D eigenvalue weighted by molar-refractivity contribution is 5.94. The van der Waals surface area contributed by atoms with Crippen LogP contribution in [0.2, 0.25) is 0 Å². The van der Waals surface area contributed by atoms with E-state index < -0.39 is 5.91 Å². The maximum Gasteiger partial charge on any atom is 0.248 e. The van der Waals surface area contributed by atoms with Crippen LogP contribution < -0.4 is 11.5 Å². The van der Waals surface area contributed by atoms with Gasteiger partial charge in [-0.2, -0.15) is 5.10 Å². The van der Waals surface area contributed by atoms with Gasteiger partial charge in [-0.3, -0.25) is 4.79 Å². The Labute approximate surface area is 99.0 Å². The maximum atomic E-state index is 11.1. The van der Waals surface area contributed by atoms with Gasteiger partial charge in [0.2, 0.25) is 5.91 Å². The van der Waals surface area contributed by atoms with E-state index in [4.69, 9.17) is 11.5 Å². The SMILES string of the molecule is Cc1cc(-n2cc(C)c(N)n2)ccc1C(N)=O. The predicted molar refractivity (Wildman–Crippen MR) is 66.0 cm³/mol. The predicted octanol–water partition coefficient (Wildman–Crippen LogP) is 1.17. The number of nitrogens with two attached hydrogens (primary N) is 2. The van der Waals surface area contributed by atoms with E-state index in [0.717, 1.165) is 16.8 Å². The summed E-state index contributed by atoms with van der Waals surface area (Å²) in [6.07, 6.45) is 1.84. The summed E-state index contributed by atoms with van der Waals surface area (Å²) in [6.45, 7) is 3.73. The fourth-order valence-electron chi connectivity index (χ4n) is 1.67. The Morgan fingerprint density at radius 2 is 2.00 bits per heavy atom.